The van der Waals surface area contributed by atoms with Crippen molar-refractivity contribution in [3.05, 3.63) is 0 Å². The quantitative estimate of drug-likeness (QED) is 0.671. The van der Waals surface area contributed by atoms with Crippen LogP contribution in [0.1, 0.15) is 25.7 Å². The van der Waals surface area contributed by atoms with Gasteiger partial charge in [0.25, 0.3) is 5.91 Å². The van der Waals surface area contributed by atoms with Crippen molar-refractivity contribution < 1.29 is 19.1 Å². The van der Waals surface area contributed by atoms with Crippen LogP contribution in [-0.4, -0.2) is 50.3 Å². The summed E-state index contributed by atoms with van der Waals surface area (Å²) in [6.07, 6.45) is 2.64. The van der Waals surface area contributed by atoms with Gasteiger partial charge in [0.05, 0.1) is 13.7 Å². The van der Waals surface area contributed by atoms with Crippen molar-refractivity contribution in [3.63, 3.8) is 0 Å². The molecule has 2 aliphatic rings. The predicted molar refractivity (Wildman–Crippen MR) is 64.0 cm³/mol. The minimum Gasteiger partial charge on any atom is -0.467 e. The van der Waals surface area contributed by atoms with Gasteiger partial charge in [-0.3, -0.25) is 4.79 Å². The van der Waals surface area contributed by atoms with Gasteiger partial charge in [0, 0.05) is 13.1 Å². The minimum atomic E-state index is -0.841. The number of carbonyl (C=O) groups excluding carboxylic acids is 2. The molecule has 2 fully saturated rings. The zero-order chi connectivity index (χ0) is 13.0. The Balaban J connectivity index is 2.00. The molecule has 0 aromatic heterocycles. The second-order valence-electron chi connectivity index (χ2n) is 4.83. The molecule has 0 spiro atoms. The van der Waals surface area contributed by atoms with Crippen LogP contribution in [0.15, 0.2) is 0 Å². The van der Waals surface area contributed by atoms with Crippen molar-refractivity contribution in [2.24, 2.45) is 0 Å². The fourth-order valence-electron chi connectivity index (χ4n) is 2.60. The van der Waals surface area contributed by atoms with Crippen molar-refractivity contribution in [2.45, 2.75) is 37.3 Å². The first kappa shape index (κ1) is 13.3. The number of hydrogen-bond acceptors (Lipinski definition) is 5. The molecule has 1 saturated carbocycles. The van der Waals surface area contributed by atoms with Gasteiger partial charge in [0.2, 0.25) is 0 Å². The Morgan fingerprint density at radius 2 is 2.11 bits per heavy atom. The molecule has 1 atom stereocenters. The van der Waals surface area contributed by atoms with Gasteiger partial charge in [-0.25, -0.2) is 4.79 Å². The van der Waals surface area contributed by atoms with E-state index in [1.807, 2.05) is 0 Å². The standard InChI is InChI=1S/C12H20N2O4/c1-17-11(16)12(4-2-3-5-12)14-10(15)9-8-13-6-7-18-9/h9,13H,2-8H2,1H3,(H,14,15). The second-order valence-corrected chi connectivity index (χ2v) is 4.83. The molecule has 1 saturated heterocycles. The first-order valence-electron chi connectivity index (χ1n) is 6.41. The van der Waals surface area contributed by atoms with Gasteiger partial charge in [0.15, 0.2) is 0 Å². The van der Waals surface area contributed by atoms with Gasteiger partial charge in [-0.1, -0.05) is 12.8 Å². The molecule has 1 unspecified atom stereocenters. The van der Waals surface area contributed by atoms with Crippen molar-refractivity contribution >= 4 is 11.9 Å². The van der Waals surface area contributed by atoms with E-state index in [4.69, 9.17) is 9.47 Å². The first-order chi connectivity index (χ1) is 8.68. The molecule has 1 aliphatic carbocycles. The number of hydrogen-bond donors (Lipinski definition) is 2. The van der Waals surface area contributed by atoms with Crippen LogP contribution in [0.2, 0.25) is 0 Å². The molecule has 1 aliphatic heterocycles. The summed E-state index contributed by atoms with van der Waals surface area (Å²) >= 11 is 0. The summed E-state index contributed by atoms with van der Waals surface area (Å²) in [6, 6.07) is 0. The highest BCUT2D eigenvalue weighted by atomic mass is 16.5. The lowest BCUT2D eigenvalue weighted by molar-refractivity contribution is -0.153. The van der Waals surface area contributed by atoms with E-state index in [0.717, 1.165) is 19.4 Å². The molecule has 1 heterocycles. The van der Waals surface area contributed by atoms with Gasteiger partial charge >= 0.3 is 5.97 Å². The number of carbonyl (C=O) groups is 2. The van der Waals surface area contributed by atoms with E-state index in [9.17, 15) is 9.59 Å². The lowest BCUT2D eigenvalue weighted by Crippen LogP contribution is -2.58. The summed E-state index contributed by atoms with van der Waals surface area (Å²) in [5, 5.41) is 5.93. The van der Waals surface area contributed by atoms with Crippen molar-refractivity contribution in [2.75, 3.05) is 26.8 Å². The maximum absolute atomic E-state index is 12.1. The number of amides is 1. The summed E-state index contributed by atoms with van der Waals surface area (Å²) in [5.41, 5.74) is -0.841. The van der Waals surface area contributed by atoms with Crippen LogP contribution in [0.5, 0.6) is 0 Å². The zero-order valence-electron chi connectivity index (χ0n) is 10.7. The monoisotopic (exact) mass is 256 g/mol. The van der Waals surface area contributed by atoms with Crippen LogP contribution in [0, 0.1) is 0 Å². The largest absolute Gasteiger partial charge is 0.467 e. The number of rotatable bonds is 3. The smallest absolute Gasteiger partial charge is 0.331 e. The fraction of sp³-hybridized carbons (Fsp3) is 0.833. The number of methoxy groups -OCH3 is 1. The van der Waals surface area contributed by atoms with Gasteiger partial charge in [-0.15, -0.1) is 0 Å². The van der Waals surface area contributed by atoms with E-state index in [2.05, 4.69) is 10.6 Å². The molecular weight excluding hydrogens is 236 g/mol. The molecule has 0 aromatic rings. The lowest BCUT2D eigenvalue weighted by atomic mass is 9.97. The summed E-state index contributed by atoms with van der Waals surface area (Å²) in [7, 11) is 1.35. The average molecular weight is 256 g/mol. The fourth-order valence-corrected chi connectivity index (χ4v) is 2.60. The molecule has 18 heavy (non-hydrogen) atoms. The first-order valence-corrected chi connectivity index (χ1v) is 6.41. The molecule has 0 radical (unpaired) electrons. The Labute approximate surface area is 106 Å². The molecule has 6 nitrogen and oxygen atoms in total. The molecule has 0 bridgehead atoms. The van der Waals surface area contributed by atoms with E-state index < -0.39 is 11.6 Å². The predicted octanol–water partition coefficient (Wildman–Crippen LogP) is -0.423. The van der Waals surface area contributed by atoms with Gasteiger partial charge in [0.1, 0.15) is 11.6 Å². The molecule has 2 N–H and O–H groups in total. The van der Waals surface area contributed by atoms with Crippen molar-refractivity contribution in [1.82, 2.24) is 10.6 Å². The normalized spacial score (nSPS) is 26.6. The topological polar surface area (TPSA) is 76.7 Å². The molecule has 2 rings (SSSR count). The average Bonchev–Trinajstić information content (AvgIpc) is 2.88. The SMILES string of the molecule is COC(=O)C1(NC(=O)C2CNCCO2)CCCC1. The van der Waals surface area contributed by atoms with Crippen LogP contribution in [-0.2, 0) is 19.1 Å². The Morgan fingerprint density at radius 3 is 2.67 bits per heavy atom. The molecule has 102 valence electrons. The Morgan fingerprint density at radius 1 is 1.39 bits per heavy atom. The van der Waals surface area contributed by atoms with Crippen molar-refractivity contribution in [3.8, 4) is 0 Å². The molecule has 0 aromatic carbocycles. The highest BCUT2D eigenvalue weighted by Gasteiger charge is 2.44. The van der Waals surface area contributed by atoms with Crippen LogP contribution in [0.25, 0.3) is 0 Å². The van der Waals surface area contributed by atoms with E-state index in [-0.39, 0.29) is 11.9 Å². The van der Waals surface area contributed by atoms with Crippen LogP contribution in [0.3, 0.4) is 0 Å². The van der Waals surface area contributed by atoms with Crippen LogP contribution < -0.4 is 10.6 Å². The van der Waals surface area contributed by atoms with E-state index in [0.29, 0.717) is 26.0 Å². The molecule has 6 heteroatoms. The molecule has 1 amide bonds. The Bertz CT molecular complexity index is 320. The van der Waals surface area contributed by atoms with E-state index in [1.54, 1.807) is 0 Å². The van der Waals surface area contributed by atoms with Crippen molar-refractivity contribution in [1.29, 1.82) is 0 Å². The summed E-state index contributed by atoms with van der Waals surface area (Å²) in [6.45, 7) is 1.76. The third-order valence-electron chi connectivity index (χ3n) is 3.62. The van der Waals surface area contributed by atoms with Gasteiger partial charge in [-0.2, -0.15) is 0 Å². The lowest BCUT2D eigenvalue weighted by Gasteiger charge is -2.30. The summed E-state index contributed by atoms with van der Waals surface area (Å²) in [5.74, 6) is -0.577. The number of esters is 1. The van der Waals surface area contributed by atoms with E-state index in [1.165, 1.54) is 7.11 Å². The number of ether oxygens (including phenoxy) is 2. The third kappa shape index (κ3) is 2.64. The second kappa shape index (κ2) is 5.67. The number of nitrogens with one attached hydrogen (secondary N) is 2. The highest BCUT2D eigenvalue weighted by Crippen LogP contribution is 2.31. The van der Waals surface area contributed by atoms with Gasteiger partial charge in [-0.05, 0) is 12.8 Å². The third-order valence-corrected chi connectivity index (χ3v) is 3.62. The Kier molecular flexibility index (Phi) is 4.19. The number of morpholine rings is 1. The highest BCUT2D eigenvalue weighted by molar-refractivity contribution is 5.90. The maximum Gasteiger partial charge on any atom is 0.331 e. The molecular formula is C12H20N2O4. The summed E-state index contributed by atoms with van der Waals surface area (Å²) in [4.78, 5) is 24.0. The van der Waals surface area contributed by atoms with Crippen LogP contribution in [0.4, 0.5) is 0 Å². The van der Waals surface area contributed by atoms with E-state index >= 15 is 0 Å². The zero-order valence-corrected chi connectivity index (χ0v) is 10.7. The Hall–Kier alpha value is -1.14. The summed E-state index contributed by atoms with van der Waals surface area (Å²) < 4.78 is 10.2. The maximum atomic E-state index is 12.1. The van der Waals surface area contributed by atoms with Crippen LogP contribution >= 0.6 is 0 Å². The van der Waals surface area contributed by atoms with Gasteiger partial charge < -0.3 is 20.1 Å². The minimum absolute atomic E-state index is 0.227.